The molecule has 1 aliphatic rings. The average molecular weight is 317 g/mol. The van der Waals surface area contributed by atoms with Gasteiger partial charge in [-0.3, -0.25) is 14.5 Å². The van der Waals surface area contributed by atoms with Gasteiger partial charge in [0.15, 0.2) is 0 Å². The fourth-order valence-corrected chi connectivity index (χ4v) is 3.12. The second-order valence-corrected chi connectivity index (χ2v) is 6.32. The lowest BCUT2D eigenvalue weighted by Gasteiger charge is -2.15. The van der Waals surface area contributed by atoms with Crippen LogP contribution in [0.2, 0.25) is 4.34 Å². The van der Waals surface area contributed by atoms with Gasteiger partial charge < -0.3 is 10.1 Å². The Morgan fingerprint density at radius 2 is 2.35 bits per heavy atom. The van der Waals surface area contributed by atoms with Gasteiger partial charge in [-0.05, 0) is 25.5 Å². The van der Waals surface area contributed by atoms with E-state index in [0.717, 1.165) is 13.0 Å². The van der Waals surface area contributed by atoms with Crippen molar-refractivity contribution in [3.63, 3.8) is 0 Å². The van der Waals surface area contributed by atoms with Gasteiger partial charge >= 0.3 is 5.97 Å². The zero-order chi connectivity index (χ0) is 14.5. The van der Waals surface area contributed by atoms with Crippen molar-refractivity contribution in [3.05, 3.63) is 21.3 Å². The predicted octanol–water partition coefficient (Wildman–Crippen LogP) is 1.77. The van der Waals surface area contributed by atoms with Crippen LogP contribution < -0.4 is 5.32 Å². The van der Waals surface area contributed by atoms with E-state index < -0.39 is 0 Å². The first-order valence-corrected chi connectivity index (χ1v) is 7.72. The summed E-state index contributed by atoms with van der Waals surface area (Å²) in [6.45, 7) is 3.92. The van der Waals surface area contributed by atoms with Crippen LogP contribution in [0, 0.1) is 0 Å². The summed E-state index contributed by atoms with van der Waals surface area (Å²) < 4.78 is 5.51. The second kappa shape index (κ2) is 7.06. The summed E-state index contributed by atoms with van der Waals surface area (Å²) in [7, 11) is 0. The molecule has 1 aliphatic heterocycles. The molecule has 0 radical (unpaired) electrons. The number of ether oxygens (including phenoxy) is 1. The zero-order valence-corrected chi connectivity index (χ0v) is 12.8. The number of esters is 1. The van der Waals surface area contributed by atoms with Crippen LogP contribution in [-0.2, 0) is 9.53 Å². The number of thiophene rings is 1. The number of halogens is 1. The lowest BCUT2D eigenvalue weighted by Crippen LogP contribution is -2.38. The third-order valence-corrected chi connectivity index (χ3v) is 4.29. The molecule has 1 saturated heterocycles. The smallest absolute Gasteiger partial charge is 0.320 e. The average Bonchev–Trinajstić information content (AvgIpc) is 2.99. The van der Waals surface area contributed by atoms with Gasteiger partial charge in [0.1, 0.15) is 0 Å². The largest absolute Gasteiger partial charge is 0.465 e. The Bertz CT molecular complexity index is 492. The molecule has 2 heterocycles. The van der Waals surface area contributed by atoms with Crippen molar-refractivity contribution in [3.8, 4) is 0 Å². The molecule has 0 aliphatic carbocycles. The predicted molar refractivity (Wildman–Crippen MR) is 78.3 cm³/mol. The summed E-state index contributed by atoms with van der Waals surface area (Å²) in [5.74, 6) is -0.325. The van der Waals surface area contributed by atoms with Crippen LogP contribution >= 0.6 is 22.9 Å². The van der Waals surface area contributed by atoms with Crippen molar-refractivity contribution in [1.82, 2.24) is 10.2 Å². The minimum atomic E-state index is -0.218. The van der Waals surface area contributed by atoms with Crippen LogP contribution in [-0.4, -0.2) is 49.1 Å². The molecule has 1 aromatic rings. The van der Waals surface area contributed by atoms with Gasteiger partial charge in [-0.25, -0.2) is 0 Å². The Labute approximate surface area is 126 Å². The van der Waals surface area contributed by atoms with E-state index in [4.69, 9.17) is 16.3 Å². The van der Waals surface area contributed by atoms with Crippen molar-refractivity contribution in [2.75, 3.05) is 26.2 Å². The van der Waals surface area contributed by atoms with E-state index in [0.29, 0.717) is 22.4 Å². The first-order chi connectivity index (χ1) is 9.58. The Morgan fingerprint density at radius 1 is 1.55 bits per heavy atom. The molecule has 7 heteroatoms. The van der Waals surface area contributed by atoms with Gasteiger partial charge in [0.25, 0.3) is 5.91 Å². The number of nitrogens with one attached hydrogen (secondary N) is 1. The molecule has 2 rings (SSSR count). The van der Waals surface area contributed by atoms with Crippen molar-refractivity contribution in [2.45, 2.75) is 19.4 Å². The fourth-order valence-electron chi connectivity index (χ4n) is 2.18. The summed E-state index contributed by atoms with van der Waals surface area (Å²) in [5.41, 5.74) is 0. The van der Waals surface area contributed by atoms with E-state index in [9.17, 15) is 9.59 Å². The van der Waals surface area contributed by atoms with Crippen LogP contribution in [0.15, 0.2) is 12.1 Å². The van der Waals surface area contributed by atoms with Crippen LogP contribution in [0.5, 0.6) is 0 Å². The Morgan fingerprint density at radius 3 is 3.00 bits per heavy atom. The number of hydrogen-bond acceptors (Lipinski definition) is 5. The number of carbonyl (C=O) groups is 2. The van der Waals surface area contributed by atoms with Crippen molar-refractivity contribution in [1.29, 1.82) is 0 Å². The molecule has 20 heavy (non-hydrogen) atoms. The normalized spacial score (nSPS) is 19.0. The SMILES string of the molecule is CCOC(=O)CN1CCC(NC(=O)c2ccc(Cl)s2)C1. The van der Waals surface area contributed by atoms with E-state index in [1.54, 1.807) is 19.1 Å². The Balaban J connectivity index is 1.78. The molecule has 0 spiro atoms. The van der Waals surface area contributed by atoms with Gasteiger partial charge in [0, 0.05) is 19.1 Å². The van der Waals surface area contributed by atoms with Crippen molar-refractivity contribution in [2.24, 2.45) is 0 Å². The van der Waals surface area contributed by atoms with Crippen LogP contribution in [0.1, 0.15) is 23.0 Å². The fraction of sp³-hybridized carbons (Fsp3) is 0.538. The van der Waals surface area contributed by atoms with Gasteiger partial charge in [0.05, 0.1) is 22.4 Å². The molecule has 1 unspecified atom stereocenters. The monoisotopic (exact) mass is 316 g/mol. The lowest BCUT2D eigenvalue weighted by molar-refractivity contribution is -0.144. The van der Waals surface area contributed by atoms with E-state index in [2.05, 4.69) is 5.32 Å². The number of hydrogen-bond donors (Lipinski definition) is 1. The number of likely N-dealkylation sites (tertiary alicyclic amines) is 1. The Hall–Kier alpha value is -1.11. The number of amides is 1. The van der Waals surface area contributed by atoms with E-state index in [1.807, 2.05) is 4.90 Å². The zero-order valence-electron chi connectivity index (χ0n) is 11.2. The van der Waals surface area contributed by atoms with Gasteiger partial charge in [-0.2, -0.15) is 0 Å². The van der Waals surface area contributed by atoms with Crippen LogP contribution in [0.25, 0.3) is 0 Å². The lowest BCUT2D eigenvalue weighted by atomic mass is 10.2. The molecule has 110 valence electrons. The third kappa shape index (κ3) is 4.19. The van der Waals surface area contributed by atoms with Gasteiger partial charge in [0.2, 0.25) is 0 Å². The number of nitrogens with zero attached hydrogens (tertiary/aromatic N) is 1. The molecular weight excluding hydrogens is 300 g/mol. The summed E-state index contributed by atoms with van der Waals surface area (Å²) in [4.78, 5) is 26.0. The summed E-state index contributed by atoms with van der Waals surface area (Å²) in [6.07, 6.45) is 0.838. The summed E-state index contributed by atoms with van der Waals surface area (Å²) in [5, 5.41) is 2.96. The first-order valence-electron chi connectivity index (χ1n) is 6.52. The first kappa shape index (κ1) is 15.3. The summed E-state index contributed by atoms with van der Waals surface area (Å²) in [6, 6.07) is 3.49. The molecule has 1 atom stereocenters. The maximum absolute atomic E-state index is 12.0. The quantitative estimate of drug-likeness (QED) is 0.841. The van der Waals surface area contributed by atoms with E-state index in [1.165, 1.54) is 11.3 Å². The molecule has 0 aromatic carbocycles. The molecular formula is C13H17ClN2O3S. The second-order valence-electron chi connectivity index (χ2n) is 4.60. The number of carbonyl (C=O) groups excluding carboxylic acids is 2. The standard InChI is InChI=1S/C13H17ClN2O3S/c1-2-19-12(17)8-16-6-5-9(7-16)15-13(18)10-3-4-11(14)20-10/h3-4,9H,2,5-8H2,1H3,(H,15,18). The molecule has 1 N–H and O–H groups in total. The molecule has 1 aromatic heterocycles. The molecule has 1 fully saturated rings. The number of rotatable bonds is 5. The molecule has 1 amide bonds. The minimum absolute atomic E-state index is 0.0674. The third-order valence-electron chi connectivity index (χ3n) is 3.06. The van der Waals surface area contributed by atoms with Gasteiger partial charge in [-0.1, -0.05) is 11.6 Å². The molecule has 0 bridgehead atoms. The topological polar surface area (TPSA) is 58.6 Å². The van der Waals surface area contributed by atoms with Gasteiger partial charge in [-0.15, -0.1) is 11.3 Å². The van der Waals surface area contributed by atoms with E-state index in [-0.39, 0.29) is 24.5 Å². The molecule has 0 saturated carbocycles. The highest BCUT2D eigenvalue weighted by molar-refractivity contribution is 7.17. The summed E-state index contributed by atoms with van der Waals surface area (Å²) >= 11 is 7.07. The maximum atomic E-state index is 12.0. The van der Waals surface area contributed by atoms with Crippen molar-refractivity contribution < 1.29 is 14.3 Å². The highest BCUT2D eigenvalue weighted by Crippen LogP contribution is 2.21. The highest BCUT2D eigenvalue weighted by atomic mass is 35.5. The van der Waals surface area contributed by atoms with Crippen LogP contribution in [0.3, 0.4) is 0 Å². The maximum Gasteiger partial charge on any atom is 0.320 e. The highest BCUT2D eigenvalue weighted by Gasteiger charge is 2.26. The minimum Gasteiger partial charge on any atom is -0.465 e. The van der Waals surface area contributed by atoms with E-state index >= 15 is 0 Å². The Kier molecular flexibility index (Phi) is 5.39. The van der Waals surface area contributed by atoms with Crippen molar-refractivity contribution >= 4 is 34.8 Å². The van der Waals surface area contributed by atoms with Crippen LogP contribution in [0.4, 0.5) is 0 Å². The molecule has 5 nitrogen and oxygen atoms in total.